The minimum absolute atomic E-state index is 0.148. The Bertz CT molecular complexity index is 493. The fraction of sp³-hybridized carbons (Fsp3) is 0.562. The zero-order valence-corrected chi connectivity index (χ0v) is 14.0. The number of aryl methyl sites for hydroxylation is 1. The Kier molecular flexibility index (Phi) is 4.86. The highest BCUT2D eigenvalue weighted by atomic mass is 79.9. The predicted octanol–water partition coefficient (Wildman–Crippen LogP) is 3.59. The molecule has 1 fully saturated rings. The molecule has 1 atom stereocenters. The molecule has 0 aliphatic carbocycles. The van der Waals surface area contributed by atoms with E-state index in [1.165, 1.54) is 0 Å². The number of carbonyl (C=O) groups excluding carboxylic acids is 1. The van der Waals surface area contributed by atoms with Gasteiger partial charge in [-0.1, -0.05) is 36.7 Å². The lowest BCUT2D eigenvalue weighted by atomic mass is 9.75. The highest BCUT2D eigenvalue weighted by molar-refractivity contribution is 9.10. The van der Waals surface area contributed by atoms with Crippen LogP contribution in [0.5, 0.6) is 0 Å². The van der Waals surface area contributed by atoms with Gasteiger partial charge < -0.3 is 10.6 Å². The molecular weight excluding hydrogens is 316 g/mol. The summed E-state index contributed by atoms with van der Waals surface area (Å²) in [7, 11) is 0. The summed E-state index contributed by atoms with van der Waals surface area (Å²) in [6, 6.07) is 6.03. The van der Waals surface area contributed by atoms with Crippen molar-refractivity contribution in [1.29, 1.82) is 0 Å². The van der Waals surface area contributed by atoms with E-state index in [0.29, 0.717) is 5.92 Å². The topological polar surface area (TPSA) is 41.1 Å². The first-order valence-electron chi connectivity index (χ1n) is 7.30. The minimum Gasteiger partial charge on any atom is -0.325 e. The van der Waals surface area contributed by atoms with Crippen LogP contribution in [0.15, 0.2) is 22.7 Å². The number of anilines is 1. The Balaban J connectivity index is 2.23. The maximum atomic E-state index is 12.8. The summed E-state index contributed by atoms with van der Waals surface area (Å²) >= 11 is 3.48. The van der Waals surface area contributed by atoms with Crippen LogP contribution in [0.25, 0.3) is 0 Å². The summed E-state index contributed by atoms with van der Waals surface area (Å²) < 4.78 is 1.05. The third kappa shape index (κ3) is 2.91. The van der Waals surface area contributed by atoms with Crippen LogP contribution in [0.4, 0.5) is 5.69 Å². The van der Waals surface area contributed by atoms with Crippen LogP contribution in [0.3, 0.4) is 0 Å². The average molecular weight is 339 g/mol. The molecule has 1 amide bonds. The fourth-order valence-electron chi connectivity index (χ4n) is 2.88. The van der Waals surface area contributed by atoms with Crippen LogP contribution >= 0.6 is 15.9 Å². The van der Waals surface area contributed by atoms with Gasteiger partial charge in [0.25, 0.3) is 0 Å². The summed E-state index contributed by atoms with van der Waals surface area (Å²) in [4.78, 5) is 12.8. The second-order valence-electron chi connectivity index (χ2n) is 5.85. The molecule has 110 valence electrons. The third-order valence-electron chi connectivity index (χ3n) is 4.44. The molecule has 0 radical (unpaired) electrons. The van der Waals surface area contributed by atoms with Crippen molar-refractivity contribution in [2.24, 2.45) is 11.3 Å². The van der Waals surface area contributed by atoms with Gasteiger partial charge in [0.1, 0.15) is 0 Å². The monoisotopic (exact) mass is 338 g/mol. The first-order valence-corrected chi connectivity index (χ1v) is 8.09. The van der Waals surface area contributed by atoms with Gasteiger partial charge in [-0.05, 0) is 49.1 Å². The SMILES string of the molecule is CCc1cc(Br)ccc1NC(=O)C1(C(C)C)CCNC1. The smallest absolute Gasteiger partial charge is 0.232 e. The maximum Gasteiger partial charge on any atom is 0.232 e. The molecule has 0 aromatic heterocycles. The molecule has 0 spiro atoms. The molecule has 1 unspecified atom stereocenters. The number of hydrogen-bond acceptors (Lipinski definition) is 2. The molecule has 0 bridgehead atoms. The van der Waals surface area contributed by atoms with Crippen molar-refractivity contribution in [3.05, 3.63) is 28.2 Å². The number of amides is 1. The van der Waals surface area contributed by atoms with E-state index in [4.69, 9.17) is 0 Å². The van der Waals surface area contributed by atoms with Crippen LogP contribution < -0.4 is 10.6 Å². The van der Waals surface area contributed by atoms with Crippen molar-refractivity contribution >= 4 is 27.5 Å². The van der Waals surface area contributed by atoms with Gasteiger partial charge in [-0.3, -0.25) is 4.79 Å². The number of rotatable bonds is 4. The van der Waals surface area contributed by atoms with E-state index in [1.807, 2.05) is 12.1 Å². The lowest BCUT2D eigenvalue weighted by molar-refractivity contribution is -0.126. The zero-order chi connectivity index (χ0) is 14.8. The largest absolute Gasteiger partial charge is 0.325 e. The van der Waals surface area contributed by atoms with Crippen LogP contribution in [0.1, 0.15) is 32.8 Å². The van der Waals surface area contributed by atoms with Crippen molar-refractivity contribution in [2.75, 3.05) is 18.4 Å². The van der Waals surface area contributed by atoms with E-state index in [-0.39, 0.29) is 11.3 Å². The van der Waals surface area contributed by atoms with Crippen molar-refractivity contribution in [3.63, 3.8) is 0 Å². The molecule has 1 aromatic rings. The van der Waals surface area contributed by atoms with Crippen LogP contribution in [-0.2, 0) is 11.2 Å². The molecule has 0 saturated carbocycles. The minimum atomic E-state index is -0.280. The molecule has 1 aliphatic rings. The Hall–Kier alpha value is -0.870. The number of nitrogens with one attached hydrogen (secondary N) is 2. The number of benzene rings is 1. The second kappa shape index (κ2) is 6.27. The maximum absolute atomic E-state index is 12.8. The molecular formula is C16H23BrN2O. The second-order valence-corrected chi connectivity index (χ2v) is 6.76. The van der Waals surface area contributed by atoms with Gasteiger partial charge in [0.15, 0.2) is 0 Å². The van der Waals surface area contributed by atoms with Crippen LogP contribution in [0, 0.1) is 11.3 Å². The third-order valence-corrected chi connectivity index (χ3v) is 4.94. The predicted molar refractivity (Wildman–Crippen MR) is 86.9 cm³/mol. The summed E-state index contributed by atoms with van der Waals surface area (Å²) in [6.45, 7) is 8.07. The van der Waals surface area contributed by atoms with E-state index in [9.17, 15) is 4.79 Å². The Morgan fingerprint density at radius 1 is 1.50 bits per heavy atom. The molecule has 1 aliphatic heterocycles. The van der Waals surface area contributed by atoms with Gasteiger partial charge in [0.05, 0.1) is 5.41 Å². The first-order chi connectivity index (χ1) is 9.49. The molecule has 2 N–H and O–H groups in total. The van der Waals surface area contributed by atoms with E-state index >= 15 is 0 Å². The average Bonchev–Trinajstić information content (AvgIpc) is 2.91. The molecule has 4 heteroatoms. The van der Waals surface area contributed by atoms with E-state index in [1.54, 1.807) is 0 Å². The van der Waals surface area contributed by atoms with Crippen LogP contribution in [0.2, 0.25) is 0 Å². The van der Waals surface area contributed by atoms with Crippen molar-refractivity contribution in [1.82, 2.24) is 5.32 Å². The quantitative estimate of drug-likeness (QED) is 0.880. The Morgan fingerprint density at radius 3 is 2.80 bits per heavy atom. The summed E-state index contributed by atoms with van der Waals surface area (Å²) in [6.07, 6.45) is 1.82. The van der Waals surface area contributed by atoms with Gasteiger partial charge in [0, 0.05) is 16.7 Å². The highest BCUT2D eigenvalue weighted by Crippen LogP contribution is 2.36. The van der Waals surface area contributed by atoms with Crippen molar-refractivity contribution < 1.29 is 4.79 Å². The molecule has 3 nitrogen and oxygen atoms in total. The van der Waals surface area contributed by atoms with Gasteiger partial charge in [0.2, 0.25) is 5.91 Å². The number of carbonyl (C=O) groups is 1. The lowest BCUT2D eigenvalue weighted by Gasteiger charge is -2.31. The van der Waals surface area contributed by atoms with Crippen molar-refractivity contribution in [2.45, 2.75) is 33.6 Å². The van der Waals surface area contributed by atoms with Crippen molar-refractivity contribution in [3.8, 4) is 0 Å². The molecule has 2 rings (SSSR count). The lowest BCUT2D eigenvalue weighted by Crippen LogP contribution is -2.42. The molecule has 1 heterocycles. The summed E-state index contributed by atoms with van der Waals surface area (Å²) in [5, 5.41) is 6.48. The number of hydrogen-bond donors (Lipinski definition) is 2. The number of halogens is 1. The summed E-state index contributed by atoms with van der Waals surface area (Å²) in [5.74, 6) is 0.479. The standard InChI is InChI=1S/C16H23BrN2O/c1-4-12-9-13(17)5-6-14(12)19-15(20)16(11(2)3)7-8-18-10-16/h5-6,9,11,18H,4,7-8,10H2,1-3H3,(H,19,20). The summed E-state index contributed by atoms with van der Waals surface area (Å²) in [5.41, 5.74) is 1.82. The Labute approximate surface area is 129 Å². The molecule has 20 heavy (non-hydrogen) atoms. The van der Waals surface area contributed by atoms with E-state index < -0.39 is 0 Å². The van der Waals surface area contributed by atoms with Gasteiger partial charge in [-0.25, -0.2) is 0 Å². The van der Waals surface area contributed by atoms with E-state index in [2.05, 4.69) is 53.4 Å². The fourth-order valence-corrected chi connectivity index (χ4v) is 3.29. The van der Waals surface area contributed by atoms with Gasteiger partial charge in [-0.15, -0.1) is 0 Å². The van der Waals surface area contributed by atoms with Gasteiger partial charge in [-0.2, -0.15) is 0 Å². The molecule has 1 saturated heterocycles. The first kappa shape index (κ1) is 15.5. The Morgan fingerprint density at radius 2 is 2.25 bits per heavy atom. The van der Waals surface area contributed by atoms with Crippen LogP contribution in [-0.4, -0.2) is 19.0 Å². The van der Waals surface area contributed by atoms with Gasteiger partial charge >= 0.3 is 0 Å². The van der Waals surface area contributed by atoms with E-state index in [0.717, 1.165) is 41.7 Å². The zero-order valence-electron chi connectivity index (χ0n) is 12.4. The highest BCUT2D eigenvalue weighted by Gasteiger charge is 2.43. The normalized spacial score (nSPS) is 22.2. The molecule has 1 aromatic carbocycles.